The average molecular weight is 352 g/mol. The Kier molecular flexibility index (Phi) is 5.58. The number of rotatable bonds is 6. The predicted octanol–water partition coefficient (Wildman–Crippen LogP) is 3.06. The van der Waals surface area contributed by atoms with Crippen LogP contribution in [0.1, 0.15) is 62.1 Å². The van der Waals surface area contributed by atoms with Gasteiger partial charge in [-0.25, -0.2) is 4.98 Å². The molecule has 2 aromatic heterocycles. The maximum absolute atomic E-state index is 9.73. The molecule has 3 heterocycles. The molecular weight excluding hydrogens is 326 g/mol. The first-order chi connectivity index (χ1) is 11.6. The number of hydrogen-bond donors (Lipinski definition) is 2. The molecular formula is C17H26ClN5O. The van der Waals surface area contributed by atoms with Gasteiger partial charge in [-0.05, 0) is 25.8 Å². The van der Waals surface area contributed by atoms with E-state index in [-0.39, 0.29) is 0 Å². The van der Waals surface area contributed by atoms with E-state index in [2.05, 4.69) is 26.9 Å². The summed E-state index contributed by atoms with van der Waals surface area (Å²) in [7, 11) is 0. The molecule has 1 aliphatic heterocycles. The first kappa shape index (κ1) is 17.5. The smallest absolute Gasteiger partial charge is 0.151 e. The van der Waals surface area contributed by atoms with Crippen molar-refractivity contribution in [3.8, 4) is 0 Å². The third-order valence-electron chi connectivity index (χ3n) is 4.47. The van der Waals surface area contributed by atoms with Gasteiger partial charge in [-0.15, -0.1) is 0 Å². The standard InChI is InChI=1S/C17H26ClN5O/c1-3-4-6-16-19-15(17(18)20-16)11-22-7-5-8-23-13(10-22)9-14(21-23)12(2)24/h9,12,24H,3-8,10-11H2,1-2H3,(H,19,20)/t12-/m1/s1. The van der Waals surface area contributed by atoms with Gasteiger partial charge in [0, 0.05) is 32.6 Å². The van der Waals surface area contributed by atoms with Crippen molar-refractivity contribution in [2.24, 2.45) is 0 Å². The molecule has 0 radical (unpaired) electrons. The lowest BCUT2D eigenvalue weighted by atomic mass is 10.2. The lowest BCUT2D eigenvalue weighted by Crippen LogP contribution is -2.23. The minimum atomic E-state index is -0.527. The molecule has 0 amide bonds. The molecule has 1 atom stereocenters. The highest BCUT2D eigenvalue weighted by Gasteiger charge is 2.20. The maximum Gasteiger partial charge on any atom is 0.151 e. The van der Waals surface area contributed by atoms with Crippen molar-refractivity contribution in [2.75, 3.05) is 6.54 Å². The van der Waals surface area contributed by atoms with Crippen LogP contribution in [0.15, 0.2) is 6.07 Å². The van der Waals surface area contributed by atoms with Gasteiger partial charge < -0.3 is 10.1 Å². The highest BCUT2D eigenvalue weighted by atomic mass is 35.5. The zero-order chi connectivity index (χ0) is 17.1. The second kappa shape index (κ2) is 7.68. The Hall–Kier alpha value is -1.37. The minimum absolute atomic E-state index is 0.527. The number of aryl methyl sites for hydroxylation is 2. The van der Waals surface area contributed by atoms with Gasteiger partial charge in [0.15, 0.2) is 5.15 Å². The van der Waals surface area contributed by atoms with E-state index < -0.39 is 6.10 Å². The lowest BCUT2D eigenvalue weighted by molar-refractivity contribution is 0.193. The molecule has 0 saturated heterocycles. The maximum atomic E-state index is 9.73. The van der Waals surface area contributed by atoms with Crippen molar-refractivity contribution >= 4 is 11.6 Å². The van der Waals surface area contributed by atoms with Crippen LogP contribution < -0.4 is 0 Å². The van der Waals surface area contributed by atoms with Gasteiger partial charge in [0.25, 0.3) is 0 Å². The Bertz CT molecular complexity index is 679. The predicted molar refractivity (Wildman–Crippen MR) is 93.8 cm³/mol. The summed E-state index contributed by atoms with van der Waals surface area (Å²) in [6, 6.07) is 2.00. The van der Waals surface area contributed by atoms with Crippen molar-refractivity contribution in [2.45, 2.75) is 65.3 Å². The second-order valence-electron chi connectivity index (χ2n) is 6.58. The molecule has 0 spiro atoms. The molecule has 0 unspecified atom stereocenters. The first-order valence-corrected chi connectivity index (χ1v) is 9.15. The number of H-pyrrole nitrogens is 1. The quantitative estimate of drug-likeness (QED) is 0.839. The van der Waals surface area contributed by atoms with Crippen LogP contribution in [-0.4, -0.2) is 36.3 Å². The molecule has 24 heavy (non-hydrogen) atoms. The summed E-state index contributed by atoms with van der Waals surface area (Å²) >= 11 is 6.31. The number of nitrogens with one attached hydrogen (secondary N) is 1. The molecule has 132 valence electrons. The van der Waals surface area contributed by atoms with E-state index in [9.17, 15) is 5.11 Å². The zero-order valence-electron chi connectivity index (χ0n) is 14.4. The Labute approximate surface area is 147 Å². The van der Waals surface area contributed by atoms with E-state index in [0.717, 1.165) is 74.8 Å². The number of aromatic amines is 1. The number of hydrogen-bond acceptors (Lipinski definition) is 4. The SMILES string of the molecule is CCCCc1nc(Cl)c(CN2CCCn3nc([C@@H](C)O)cc3C2)[nH]1. The Morgan fingerprint density at radius 1 is 1.42 bits per heavy atom. The summed E-state index contributed by atoms with van der Waals surface area (Å²) in [5.41, 5.74) is 2.88. The number of unbranched alkanes of at least 4 members (excludes halogenated alkanes) is 1. The molecule has 2 N–H and O–H groups in total. The second-order valence-corrected chi connectivity index (χ2v) is 6.94. The number of aromatic nitrogens is 4. The van der Waals surface area contributed by atoms with E-state index in [0.29, 0.717) is 5.15 Å². The van der Waals surface area contributed by atoms with Crippen molar-refractivity contribution in [1.29, 1.82) is 0 Å². The molecule has 0 bridgehead atoms. The molecule has 3 rings (SSSR count). The van der Waals surface area contributed by atoms with Gasteiger partial charge in [-0.2, -0.15) is 5.10 Å². The monoisotopic (exact) mass is 351 g/mol. The van der Waals surface area contributed by atoms with E-state index in [1.807, 2.05) is 10.7 Å². The normalized spacial score (nSPS) is 16.8. The average Bonchev–Trinajstić information content (AvgIpc) is 3.04. The summed E-state index contributed by atoms with van der Waals surface area (Å²) in [4.78, 5) is 10.2. The Balaban J connectivity index is 1.70. The van der Waals surface area contributed by atoms with Crippen LogP contribution in [-0.2, 0) is 26.1 Å². The van der Waals surface area contributed by atoms with Crippen LogP contribution in [0.2, 0.25) is 5.15 Å². The molecule has 1 aliphatic rings. The molecule has 2 aromatic rings. The summed E-state index contributed by atoms with van der Waals surface area (Å²) in [5.74, 6) is 0.980. The zero-order valence-corrected chi connectivity index (χ0v) is 15.2. The largest absolute Gasteiger partial charge is 0.387 e. The number of nitrogens with zero attached hydrogens (tertiary/aromatic N) is 4. The Morgan fingerprint density at radius 2 is 2.25 bits per heavy atom. The highest BCUT2D eigenvalue weighted by molar-refractivity contribution is 6.30. The fourth-order valence-corrected chi connectivity index (χ4v) is 3.33. The van der Waals surface area contributed by atoms with Crippen molar-refractivity contribution in [1.82, 2.24) is 24.6 Å². The molecule has 7 heteroatoms. The number of aliphatic hydroxyl groups is 1. The summed E-state index contributed by atoms with van der Waals surface area (Å²) in [6.45, 7) is 7.37. The first-order valence-electron chi connectivity index (χ1n) is 8.77. The summed E-state index contributed by atoms with van der Waals surface area (Å²) in [5, 5.41) is 14.8. The molecule has 6 nitrogen and oxygen atoms in total. The highest BCUT2D eigenvalue weighted by Crippen LogP contribution is 2.21. The fraction of sp³-hybridized carbons (Fsp3) is 0.647. The van der Waals surface area contributed by atoms with Crippen LogP contribution in [0.3, 0.4) is 0 Å². The van der Waals surface area contributed by atoms with Crippen LogP contribution in [0, 0.1) is 0 Å². The van der Waals surface area contributed by atoms with Crippen molar-refractivity contribution < 1.29 is 5.11 Å². The van der Waals surface area contributed by atoms with E-state index >= 15 is 0 Å². The van der Waals surface area contributed by atoms with Gasteiger partial charge in [-0.1, -0.05) is 24.9 Å². The van der Waals surface area contributed by atoms with Gasteiger partial charge in [0.05, 0.1) is 23.2 Å². The van der Waals surface area contributed by atoms with Gasteiger partial charge in [-0.3, -0.25) is 9.58 Å². The minimum Gasteiger partial charge on any atom is -0.387 e. The number of imidazole rings is 1. The lowest BCUT2D eigenvalue weighted by Gasteiger charge is -2.18. The van der Waals surface area contributed by atoms with Crippen LogP contribution >= 0.6 is 11.6 Å². The fourth-order valence-electron chi connectivity index (χ4n) is 3.12. The van der Waals surface area contributed by atoms with Crippen LogP contribution in [0.5, 0.6) is 0 Å². The van der Waals surface area contributed by atoms with Gasteiger partial charge in [0.1, 0.15) is 5.82 Å². The number of fused-ring (bicyclic) bond motifs is 1. The van der Waals surface area contributed by atoms with E-state index in [4.69, 9.17) is 11.6 Å². The Morgan fingerprint density at radius 3 is 3.00 bits per heavy atom. The van der Waals surface area contributed by atoms with Crippen molar-refractivity contribution in [3.63, 3.8) is 0 Å². The van der Waals surface area contributed by atoms with Crippen LogP contribution in [0.25, 0.3) is 0 Å². The molecule has 0 fully saturated rings. The van der Waals surface area contributed by atoms with Crippen molar-refractivity contribution in [3.05, 3.63) is 34.1 Å². The third kappa shape index (κ3) is 3.99. The topological polar surface area (TPSA) is 70.0 Å². The third-order valence-corrected chi connectivity index (χ3v) is 4.78. The van der Waals surface area contributed by atoms with Gasteiger partial charge >= 0.3 is 0 Å². The summed E-state index contributed by atoms with van der Waals surface area (Å²) < 4.78 is 2.02. The number of aliphatic hydroxyl groups excluding tert-OH is 1. The summed E-state index contributed by atoms with van der Waals surface area (Å²) in [6.07, 6.45) is 3.72. The van der Waals surface area contributed by atoms with Crippen LogP contribution in [0.4, 0.5) is 0 Å². The van der Waals surface area contributed by atoms with E-state index in [1.165, 1.54) is 0 Å². The number of halogens is 1. The van der Waals surface area contributed by atoms with Gasteiger partial charge in [0.2, 0.25) is 0 Å². The van der Waals surface area contributed by atoms with E-state index in [1.54, 1.807) is 6.92 Å². The molecule has 0 aliphatic carbocycles. The molecule has 0 saturated carbocycles. The molecule has 0 aromatic carbocycles.